The lowest BCUT2D eigenvalue weighted by Crippen LogP contribution is -2.38. The first-order chi connectivity index (χ1) is 9.24. The molecule has 0 aliphatic rings. The average molecular weight is 289 g/mol. The van der Waals surface area contributed by atoms with Crippen LogP contribution in [0.3, 0.4) is 0 Å². The Hall–Kier alpha value is -1.76. The Labute approximate surface area is 115 Å². The van der Waals surface area contributed by atoms with Crippen LogP contribution >= 0.6 is 0 Å². The summed E-state index contributed by atoms with van der Waals surface area (Å²) >= 11 is 0. The maximum Gasteiger partial charge on any atom is 0.416 e. The van der Waals surface area contributed by atoms with Gasteiger partial charge in [-0.2, -0.15) is 13.2 Å². The molecule has 0 amide bonds. The molecule has 0 saturated heterocycles. The van der Waals surface area contributed by atoms with Gasteiger partial charge in [0.05, 0.1) is 12.1 Å². The molecule has 0 spiro atoms. The second kappa shape index (κ2) is 6.60. The van der Waals surface area contributed by atoms with E-state index >= 15 is 0 Å². The number of benzene rings is 1. The van der Waals surface area contributed by atoms with Gasteiger partial charge in [-0.25, -0.2) is 0 Å². The largest absolute Gasteiger partial charge is 0.416 e. The van der Waals surface area contributed by atoms with Crippen molar-refractivity contribution in [3.63, 3.8) is 0 Å². The highest BCUT2D eigenvalue weighted by molar-refractivity contribution is 5.81. The van der Waals surface area contributed by atoms with Crippen molar-refractivity contribution < 1.29 is 18.4 Å². The van der Waals surface area contributed by atoms with E-state index in [4.69, 9.17) is 10.9 Å². The number of amidine groups is 1. The molecule has 0 aliphatic carbocycles. The summed E-state index contributed by atoms with van der Waals surface area (Å²) in [5, 5.41) is 11.5. The zero-order chi connectivity index (χ0) is 15.3. The zero-order valence-electron chi connectivity index (χ0n) is 11.4. The van der Waals surface area contributed by atoms with Crippen LogP contribution in [-0.4, -0.2) is 28.5 Å². The minimum atomic E-state index is -4.36. The van der Waals surface area contributed by atoms with Gasteiger partial charge in [-0.05, 0) is 25.5 Å². The van der Waals surface area contributed by atoms with Crippen LogP contribution in [0.25, 0.3) is 0 Å². The van der Waals surface area contributed by atoms with Gasteiger partial charge >= 0.3 is 6.18 Å². The fourth-order valence-corrected chi connectivity index (χ4v) is 1.74. The molecule has 0 heterocycles. The minimum Gasteiger partial charge on any atom is -0.409 e. The summed E-state index contributed by atoms with van der Waals surface area (Å²) in [5.41, 5.74) is 5.29. The quantitative estimate of drug-likeness (QED) is 0.379. The van der Waals surface area contributed by atoms with Gasteiger partial charge in [-0.15, -0.1) is 0 Å². The van der Waals surface area contributed by atoms with E-state index in [1.807, 2.05) is 18.7 Å². The van der Waals surface area contributed by atoms with Gasteiger partial charge in [0, 0.05) is 12.6 Å². The Morgan fingerprint density at radius 3 is 2.55 bits per heavy atom. The number of hydrogen-bond donors (Lipinski definition) is 2. The lowest BCUT2D eigenvalue weighted by Gasteiger charge is -2.26. The van der Waals surface area contributed by atoms with Crippen molar-refractivity contribution in [3.8, 4) is 0 Å². The third kappa shape index (κ3) is 4.73. The zero-order valence-corrected chi connectivity index (χ0v) is 11.4. The van der Waals surface area contributed by atoms with E-state index in [9.17, 15) is 13.2 Å². The number of nitrogens with zero attached hydrogens (tertiary/aromatic N) is 2. The standard InChI is InChI=1S/C13H18F3N3O/c1-9(2)19(8-12(17)18-20)7-10-4-3-5-11(6-10)13(14,15)16/h3-6,9,20H,7-8H2,1-2H3,(H2,17,18). The van der Waals surface area contributed by atoms with Crippen LogP contribution in [0, 0.1) is 0 Å². The maximum absolute atomic E-state index is 12.6. The smallest absolute Gasteiger partial charge is 0.409 e. The predicted molar refractivity (Wildman–Crippen MR) is 70.4 cm³/mol. The SMILES string of the molecule is CC(C)N(CC(N)=NO)Cc1cccc(C(F)(F)F)c1. The van der Waals surface area contributed by atoms with E-state index < -0.39 is 11.7 Å². The first kappa shape index (κ1) is 16.3. The minimum absolute atomic E-state index is 0.0191. The molecule has 0 saturated carbocycles. The van der Waals surface area contributed by atoms with Crippen molar-refractivity contribution in [2.45, 2.75) is 32.6 Å². The molecule has 4 nitrogen and oxygen atoms in total. The molecular formula is C13H18F3N3O. The molecular weight excluding hydrogens is 271 g/mol. The molecule has 0 bridgehead atoms. The molecule has 1 rings (SSSR count). The van der Waals surface area contributed by atoms with Gasteiger partial charge in [-0.3, -0.25) is 4.90 Å². The van der Waals surface area contributed by atoms with Crippen LogP contribution in [-0.2, 0) is 12.7 Å². The molecule has 1 aromatic rings. The Morgan fingerprint density at radius 2 is 2.05 bits per heavy atom. The summed E-state index contributed by atoms with van der Waals surface area (Å²) in [5.74, 6) is 0.0191. The van der Waals surface area contributed by atoms with E-state index in [1.165, 1.54) is 6.07 Å². The summed E-state index contributed by atoms with van der Waals surface area (Å²) in [6, 6.07) is 5.19. The van der Waals surface area contributed by atoms with E-state index in [-0.39, 0.29) is 25.0 Å². The second-order valence-corrected chi connectivity index (χ2v) is 4.79. The molecule has 0 atom stereocenters. The van der Waals surface area contributed by atoms with Crippen molar-refractivity contribution in [1.29, 1.82) is 0 Å². The maximum atomic E-state index is 12.6. The monoisotopic (exact) mass is 289 g/mol. The van der Waals surface area contributed by atoms with Crippen molar-refractivity contribution in [2.24, 2.45) is 10.9 Å². The molecule has 1 aromatic carbocycles. The first-order valence-electron chi connectivity index (χ1n) is 6.10. The molecule has 0 radical (unpaired) electrons. The summed E-state index contributed by atoms with van der Waals surface area (Å²) in [6.07, 6.45) is -4.36. The van der Waals surface area contributed by atoms with Gasteiger partial charge < -0.3 is 10.9 Å². The van der Waals surface area contributed by atoms with Gasteiger partial charge in [-0.1, -0.05) is 23.4 Å². The first-order valence-corrected chi connectivity index (χ1v) is 6.10. The van der Waals surface area contributed by atoms with Crippen LogP contribution in [0.15, 0.2) is 29.4 Å². The normalized spacial score (nSPS) is 13.2. The van der Waals surface area contributed by atoms with Gasteiger partial charge in [0.2, 0.25) is 0 Å². The Bertz CT molecular complexity index is 472. The van der Waals surface area contributed by atoms with Crippen LogP contribution in [0.2, 0.25) is 0 Å². The summed E-state index contributed by atoms with van der Waals surface area (Å²) in [4.78, 5) is 1.81. The Morgan fingerprint density at radius 1 is 1.40 bits per heavy atom. The number of rotatable bonds is 5. The number of halogens is 3. The summed E-state index contributed by atoms with van der Waals surface area (Å²) in [7, 11) is 0. The topological polar surface area (TPSA) is 61.8 Å². The van der Waals surface area contributed by atoms with Gasteiger partial charge in [0.1, 0.15) is 0 Å². The molecule has 0 unspecified atom stereocenters. The lowest BCUT2D eigenvalue weighted by atomic mass is 10.1. The van der Waals surface area contributed by atoms with Crippen molar-refractivity contribution >= 4 is 5.84 Å². The predicted octanol–water partition coefficient (Wildman–Crippen LogP) is 2.66. The highest BCUT2D eigenvalue weighted by Gasteiger charge is 2.30. The number of alkyl halides is 3. The van der Waals surface area contributed by atoms with Crippen LogP contribution in [0.1, 0.15) is 25.0 Å². The molecule has 112 valence electrons. The van der Waals surface area contributed by atoms with Crippen LogP contribution in [0.5, 0.6) is 0 Å². The fraction of sp³-hybridized carbons (Fsp3) is 0.462. The third-order valence-corrected chi connectivity index (χ3v) is 2.86. The van der Waals surface area contributed by atoms with Gasteiger partial charge in [0.15, 0.2) is 5.84 Å². The highest BCUT2D eigenvalue weighted by Crippen LogP contribution is 2.29. The number of oxime groups is 1. The molecule has 0 aromatic heterocycles. The average Bonchev–Trinajstić information content (AvgIpc) is 2.37. The Balaban J connectivity index is 2.89. The fourth-order valence-electron chi connectivity index (χ4n) is 1.74. The third-order valence-electron chi connectivity index (χ3n) is 2.86. The molecule has 3 N–H and O–H groups in total. The van der Waals surface area contributed by atoms with E-state index in [2.05, 4.69) is 5.16 Å². The van der Waals surface area contributed by atoms with Crippen molar-refractivity contribution in [2.75, 3.05) is 6.54 Å². The summed E-state index contributed by atoms with van der Waals surface area (Å²) < 4.78 is 37.9. The van der Waals surface area contributed by atoms with Crippen molar-refractivity contribution in [3.05, 3.63) is 35.4 Å². The molecule has 0 fully saturated rings. The van der Waals surface area contributed by atoms with Crippen LogP contribution in [0.4, 0.5) is 13.2 Å². The van der Waals surface area contributed by atoms with Crippen molar-refractivity contribution in [1.82, 2.24) is 4.90 Å². The highest BCUT2D eigenvalue weighted by atomic mass is 19.4. The van der Waals surface area contributed by atoms with E-state index in [1.54, 1.807) is 6.07 Å². The van der Waals surface area contributed by atoms with E-state index in [0.717, 1.165) is 12.1 Å². The second-order valence-electron chi connectivity index (χ2n) is 4.79. The molecule has 7 heteroatoms. The van der Waals surface area contributed by atoms with Crippen LogP contribution < -0.4 is 5.73 Å². The summed E-state index contributed by atoms with van der Waals surface area (Å²) in [6.45, 7) is 4.25. The van der Waals surface area contributed by atoms with Gasteiger partial charge in [0.25, 0.3) is 0 Å². The number of hydrogen-bond acceptors (Lipinski definition) is 3. The molecule has 0 aliphatic heterocycles. The Kier molecular flexibility index (Phi) is 5.38. The number of nitrogens with two attached hydrogens (primary N) is 1. The molecule has 20 heavy (non-hydrogen) atoms. The lowest BCUT2D eigenvalue weighted by molar-refractivity contribution is -0.137. The van der Waals surface area contributed by atoms with E-state index in [0.29, 0.717) is 5.56 Å².